The molecule has 3 aromatic heterocycles. The van der Waals surface area contributed by atoms with Gasteiger partial charge < -0.3 is 9.72 Å². The lowest BCUT2D eigenvalue weighted by Gasteiger charge is -2.06. The van der Waals surface area contributed by atoms with Gasteiger partial charge in [-0.15, -0.1) is 0 Å². The second-order valence-corrected chi connectivity index (χ2v) is 4.89. The summed E-state index contributed by atoms with van der Waals surface area (Å²) in [5, 5.41) is 7.92. The second kappa shape index (κ2) is 5.46. The molecule has 0 spiro atoms. The number of rotatable bonds is 5. The third kappa shape index (κ3) is 2.32. The minimum absolute atomic E-state index is 0.785. The molecule has 3 heterocycles. The molecule has 0 aliphatic rings. The Morgan fingerprint density at radius 2 is 2.10 bits per heavy atom. The summed E-state index contributed by atoms with van der Waals surface area (Å²) in [6.07, 6.45) is 5.12. The summed E-state index contributed by atoms with van der Waals surface area (Å²) in [7, 11) is 0. The first-order chi connectivity index (χ1) is 9.79. The van der Waals surface area contributed by atoms with E-state index in [1.165, 1.54) is 0 Å². The summed E-state index contributed by atoms with van der Waals surface area (Å²) in [5.74, 6) is 0.896. The Balaban J connectivity index is 2.07. The first-order valence-electron chi connectivity index (χ1n) is 6.99. The normalized spacial score (nSPS) is 11.3. The molecular weight excluding hydrogens is 250 g/mol. The van der Waals surface area contributed by atoms with E-state index in [9.17, 15) is 0 Å². The van der Waals surface area contributed by atoms with Gasteiger partial charge in [0.1, 0.15) is 5.65 Å². The summed E-state index contributed by atoms with van der Waals surface area (Å²) in [4.78, 5) is 4.70. The van der Waals surface area contributed by atoms with Crippen molar-refractivity contribution >= 4 is 5.65 Å². The van der Waals surface area contributed by atoms with Gasteiger partial charge in [-0.2, -0.15) is 5.10 Å². The number of fused-ring (bicyclic) bond motifs is 1. The quantitative estimate of drug-likeness (QED) is 0.723. The molecule has 5 nitrogen and oxygen atoms in total. The van der Waals surface area contributed by atoms with Gasteiger partial charge in [0.15, 0.2) is 5.82 Å². The molecule has 0 aliphatic carbocycles. The molecule has 20 heavy (non-hydrogen) atoms. The van der Waals surface area contributed by atoms with Crippen LogP contribution in [0.5, 0.6) is 0 Å². The molecule has 0 amide bonds. The minimum atomic E-state index is 0.785. The van der Waals surface area contributed by atoms with E-state index in [0.29, 0.717) is 0 Å². The van der Waals surface area contributed by atoms with E-state index in [0.717, 1.165) is 42.4 Å². The van der Waals surface area contributed by atoms with E-state index in [4.69, 9.17) is 4.98 Å². The van der Waals surface area contributed by atoms with Crippen LogP contribution in [0.3, 0.4) is 0 Å². The first-order valence-corrected chi connectivity index (χ1v) is 6.99. The summed E-state index contributed by atoms with van der Waals surface area (Å²) >= 11 is 0. The van der Waals surface area contributed by atoms with Gasteiger partial charge in [-0.05, 0) is 38.1 Å². The van der Waals surface area contributed by atoms with Crippen LogP contribution in [0, 0.1) is 6.92 Å². The fraction of sp³-hybridized carbons (Fsp3) is 0.333. The number of nitrogens with one attached hydrogen (secondary N) is 1. The third-order valence-electron chi connectivity index (χ3n) is 3.27. The summed E-state index contributed by atoms with van der Waals surface area (Å²) in [6, 6.07) is 8.04. The number of imidazole rings is 1. The van der Waals surface area contributed by atoms with Crippen LogP contribution >= 0.6 is 0 Å². The number of nitrogens with zero attached hydrogens (tertiary/aromatic N) is 4. The predicted molar refractivity (Wildman–Crippen MR) is 79.0 cm³/mol. The van der Waals surface area contributed by atoms with Crippen molar-refractivity contribution in [2.24, 2.45) is 0 Å². The monoisotopic (exact) mass is 269 g/mol. The highest BCUT2D eigenvalue weighted by molar-refractivity contribution is 5.48. The lowest BCUT2D eigenvalue weighted by Crippen LogP contribution is -2.17. The maximum absolute atomic E-state index is 4.70. The van der Waals surface area contributed by atoms with Crippen LogP contribution in [-0.4, -0.2) is 25.7 Å². The van der Waals surface area contributed by atoms with Crippen LogP contribution in [-0.2, 0) is 6.54 Å². The van der Waals surface area contributed by atoms with Crippen molar-refractivity contribution < 1.29 is 0 Å². The minimum Gasteiger partial charge on any atom is -0.311 e. The van der Waals surface area contributed by atoms with Gasteiger partial charge in [0.2, 0.25) is 0 Å². The van der Waals surface area contributed by atoms with Crippen LogP contribution < -0.4 is 5.32 Å². The zero-order valence-corrected chi connectivity index (χ0v) is 11.9. The smallest absolute Gasteiger partial charge is 0.176 e. The van der Waals surface area contributed by atoms with Crippen molar-refractivity contribution in [2.45, 2.75) is 26.8 Å². The zero-order valence-electron chi connectivity index (χ0n) is 11.9. The fourth-order valence-corrected chi connectivity index (χ4v) is 2.30. The lowest BCUT2D eigenvalue weighted by atomic mass is 10.4. The van der Waals surface area contributed by atoms with E-state index in [1.807, 2.05) is 48.3 Å². The van der Waals surface area contributed by atoms with Gasteiger partial charge in [-0.1, -0.05) is 13.0 Å². The Morgan fingerprint density at radius 1 is 1.20 bits per heavy atom. The average Bonchev–Trinajstić information content (AvgIpc) is 3.03. The second-order valence-electron chi connectivity index (χ2n) is 4.89. The lowest BCUT2D eigenvalue weighted by molar-refractivity contribution is 0.654. The molecule has 104 valence electrons. The summed E-state index contributed by atoms with van der Waals surface area (Å²) < 4.78 is 3.97. The predicted octanol–water partition coefficient (Wildman–Crippen LogP) is 2.33. The van der Waals surface area contributed by atoms with Gasteiger partial charge in [0.05, 0.1) is 11.4 Å². The third-order valence-corrected chi connectivity index (χ3v) is 3.27. The number of aryl methyl sites for hydroxylation is 1. The topological polar surface area (TPSA) is 47.2 Å². The van der Waals surface area contributed by atoms with Crippen molar-refractivity contribution in [3.05, 3.63) is 48.0 Å². The van der Waals surface area contributed by atoms with Crippen LogP contribution in [0.1, 0.15) is 24.7 Å². The average molecular weight is 269 g/mol. The Hall–Kier alpha value is -2.14. The Labute approximate surface area is 118 Å². The molecule has 5 heteroatoms. The summed E-state index contributed by atoms with van der Waals surface area (Å²) in [6.45, 7) is 5.94. The Morgan fingerprint density at radius 3 is 2.85 bits per heavy atom. The molecule has 3 aromatic rings. The van der Waals surface area contributed by atoms with Crippen LogP contribution in [0.25, 0.3) is 11.5 Å². The van der Waals surface area contributed by atoms with Gasteiger partial charge in [-0.3, -0.25) is 0 Å². The molecule has 0 aliphatic heterocycles. The molecule has 0 atom stereocenters. The highest BCUT2D eigenvalue weighted by Crippen LogP contribution is 2.16. The number of aromatic nitrogens is 4. The Kier molecular flexibility index (Phi) is 3.52. The molecule has 0 bridgehead atoms. The van der Waals surface area contributed by atoms with Crippen molar-refractivity contribution in [2.75, 3.05) is 6.54 Å². The van der Waals surface area contributed by atoms with E-state index in [2.05, 4.69) is 21.7 Å². The van der Waals surface area contributed by atoms with Gasteiger partial charge in [0, 0.05) is 18.9 Å². The molecule has 0 radical (unpaired) electrons. The number of pyridine rings is 1. The molecule has 0 unspecified atom stereocenters. The highest BCUT2D eigenvalue weighted by Gasteiger charge is 2.13. The fourth-order valence-electron chi connectivity index (χ4n) is 2.30. The van der Waals surface area contributed by atoms with Crippen LogP contribution in [0.2, 0.25) is 0 Å². The van der Waals surface area contributed by atoms with Gasteiger partial charge >= 0.3 is 0 Å². The van der Waals surface area contributed by atoms with Crippen molar-refractivity contribution in [3.8, 4) is 5.82 Å². The van der Waals surface area contributed by atoms with E-state index >= 15 is 0 Å². The van der Waals surface area contributed by atoms with E-state index in [-0.39, 0.29) is 0 Å². The molecule has 0 saturated carbocycles. The number of hydrogen-bond acceptors (Lipinski definition) is 3. The van der Waals surface area contributed by atoms with Crippen LogP contribution in [0.4, 0.5) is 0 Å². The summed E-state index contributed by atoms with van der Waals surface area (Å²) in [5.41, 5.74) is 3.08. The van der Waals surface area contributed by atoms with Crippen molar-refractivity contribution in [1.29, 1.82) is 0 Å². The van der Waals surface area contributed by atoms with Crippen molar-refractivity contribution in [1.82, 2.24) is 24.5 Å². The van der Waals surface area contributed by atoms with E-state index in [1.54, 1.807) is 0 Å². The van der Waals surface area contributed by atoms with Crippen molar-refractivity contribution in [3.63, 3.8) is 0 Å². The van der Waals surface area contributed by atoms with Crippen LogP contribution in [0.15, 0.2) is 36.7 Å². The molecule has 0 saturated heterocycles. The maximum Gasteiger partial charge on any atom is 0.176 e. The molecule has 0 aromatic carbocycles. The molecule has 1 N–H and O–H groups in total. The largest absolute Gasteiger partial charge is 0.311 e. The zero-order chi connectivity index (χ0) is 13.9. The number of hydrogen-bond donors (Lipinski definition) is 1. The van der Waals surface area contributed by atoms with E-state index < -0.39 is 0 Å². The maximum atomic E-state index is 4.70. The molecule has 3 rings (SSSR count). The SMILES string of the molecule is CCCNCc1c(-n2ccc(C)n2)nc2ccccn12. The Bertz CT molecular complexity index is 710. The highest BCUT2D eigenvalue weighted by atomic mass is 15.3. The first kappa shape index (κ1) is 12.9. The standard InChI is InChI=1S/C15H19N5/c1-3-8-16-11-13-15(20-10-7-12(2)18-20)17-14-6-4-5-9-19(13)14/h4-7,9-10,16H,3,8,11H2,1-2H3. The van der Waals surface area contributed by atoms with Gasteiger partial charge in [-0.25, -0.2) is 9.67 Å². The van der Waals surface area contributed by atoms with Gasteiger partial charge in [0.25, 0.3) is 0 Å². The molecular formula is C15H19N5. The molecule has 0 fully saturated rings.